The van der Waals surface area contributed by atoms with E-state index in [4.69, 9.17) is 17.0 Å². The van der Waals surface area contributed by atoms with E-state index in [1.807, 2.05) is 4.90 Å². The van der Waals surface area contributed by atoms with Crippen LogP contribution >= 0.6 is 12.2 Å². The van der Waals surface area contributed by atoms with Gasteiger partial charge in [-0.3, -0.25) is 14.5 Å². The molecule has 9 heteroatoms. The number of amides is 2. The summed E-state index contributed by atoms with van der Waals surface area (Å²) in [5.41, 5.74) is 0. The molecule has 3 N–H and O–H groups in total. The standard InChI is InChI=1S/C19H33N5O3S/c1-27-10-7-20-19(28)22-14-11-16-18(26)21-12-15(24(16)13-14)5-6-17(25)23-8-3-2-4-9-23/h14-16H,2-13H2,1H3,(H,21,26)(H2,20,22,28)/t14-,15+,16-/m0/s1. The van der Waals surface area contributed by atoms with Crippen molar-refractivity contribution < 1.29 is 14.3 Å². The van der Waals surface area contributed by atoms with Gasteiger partial charge in [-0.2, -0.15) is 0 Å². The lowest BCUT2D eigenvalue weighted by Crippen LogP contribution is -2.58. The van der Waals surface area contributed by atoms with Crippen LogP contribution in [0.1, 0.15) is 38.5 Å². The molecule has 8 nitrogen and oxygen atoms in total. The van der Waals surface area contributed by atoms with Gasteiger partial charge in [-0.25, -0.2) is 0 Å². The fourth-order valence-electron chi connectivity index (χ4n) is 4.44. The Balaban J connectivity index is 1.48. The summed E-state index contributed by atoms with van der Waals surface area (Å²) in [6, 6.07) is 0.207. The molecule has 0 bridgehead atoms. The summed E-state index contributed by atoms with van der Waals surface area (Å²) in [7, 11) is 1.65. The van der Waals surface area contributed by atoms with Gasteiger partial charge in [0.2, 0.25) is 11.8 Å². The highest BCUT2D eigenvalue weighted by atomic mass is 32.1. The number of ether oxygens (including phenoxy) is 1. The van der Waals surface area contributed by atoms with Crippen molar-refractivity contribution in [2.45, 2.75) is 56.7 Å². The number of hydrogen-bond donors (Lipinski definition) is 3. The molecule has 3 saturated heterocycles. The smallest absolute Gasteiger partial charge is 0.237 e. The predicted molar refractivity (Wildman–Crippen MR) is 111 cm³/mol. The molecular formula is C19H33N5O3S. The van der Waals surface area contributed by atoms with Crippen LogP contribution in [-0.2, 0) is 14.3 Å². The number of carbonyl (C=O) groups is 2. The van der Waals surface area contributed by atoms with Gasteiger partial charge in [0.1, 0.15) is 0 Å². The van der Waals surface area contributed by atoms with E-state index < -0.39 is 0 Å². The number of methoxy groups -OCH3 is 1. The SMILES string of the molecule is COCCNC(=S)N[C@H]1C[C@H]2C(=O)NC[C@@H](CCC(=O)N3CCCCC3)N2C1. The second-order valence-electron chi connectivity index (χ2n) is 7.92. The third-order valence-electron chi connectivity index (χ3n) is 5.95. The van der Waals surface area contributed by atoms with Crippen molar-refractivity contribution in [1.82, 2.24) is 25.8 Å². The van der Waals surface area contributed by atoms with Crippen molar-refractivity contribution in [3.05, 3.63) is 0 Å². The number of likely N-dealkylation sites (tertiary alicyclic amines) is 1. The van der Waals surface area contributed by atoms with Gasteiger partial charge in [-0.1, -0.05) is 0 Å². The molecule has 0 aromatic carbocycles. The van der Waals surface area contributed by atoms with Gasteiger partial charge in [0, 0.05) is 58.3 Å². The number of rotatable bonds is 7. The molecule has 3 heterocycles. The number of nitrogens with zero attached hydrogens (tertiary/aromatic N) is 2. The fraction of sp³-hybridized carbons (Fsp3) is 0.842. The first-order valence-corrected chi connectivity index (χ1v) is 10.8. The van der Waals surface area contributed by atoms with E-state index in [1.165, 1.54) is 6.42 Å². The average Bonchev–Trinajstić information content (AvgIpc) is 3.12. The third kappa shape index (κ3) is 5.55. The van der Waals surface area contributed by atoms with Crippen molar-refractivity contribution in [2.75, 3.05) is 46.4 Å². The van der Waals surface area contributed by atoms with Crippen LogP contribution in [-0.4, -0.2) is 91.3 Å². The lowest BCUT2D eigenvalue weighted by molar-refractivity contribution is -0.133. The Morgan fingerprint density at radius 3 is 2.86 bits per heavy atom. The van der Waals surface area contributed by atoms with Crippen molar-refractivity contribution in [3.63, 3.8) is 0 Å². The van der Waals surface area contributed by atoms with Crippen molar-refractivity contribution in [2.24, 2.45) is 0 Å². The monoisotopic (exact) mass is 411 g/mol. The molecule has 0 aliphatic carbocycles. The van der Waals surface area contributed by atoms with Crippen LogP contribution in [0.15, 0.2) is 0 Å². The highest BCUT2D eigenvalue weighted by Gasteiger charge is 2.43. The van der Waals surface area contributed by atoms with Crippen LogP contribution in [0.2, 0.25) is 0 Å². The Morgan fingerprint density at radius 1 is 1.32 bits per heavy atom. The van der Waals surface area contributed by atoms with Crippen LogP contribution in [0.25, 0.3) is 0 Å². The first-order valence-electron chi connectivity index (χ1n) is 10.4. The largest absolute Gasteiger partial charge is 0.383 e. The summed E-state index contributed by atoms with van der Waals surface area (Å²) < 4.78 is 5.02. The number of piperidine rings is 1. The van der Waals surface area contributed by atoms with E-state index in [1.54, 1.807) is 7.11 Å². The van der Waals surface area contributed by atoms with Gasteiger partial charge in [-0.15, -0.1) is 0 Å². The fourth-order valence-corrected chi connectivity index (χ4v) is 4.71. The van der Waals surface area contributed by atoms with E-state index >= 15 is 0 Å². The summed E-state index contributed by atoms with van der Waals surface area (Å²) in [5.74, 6) is 0.340. The molecule has 0 saturated carbocycles. The minimum absolute atomic E-state index is 0.0844. The number of carbonyl (C=O) groups excluding carboxylic acids is 2. The maximum Gasteiger partial charge on any atom is 0.237 e. The third-order valence-corrected chi connectivity index (χ3v) is 6.21. The lowest BCUT2D eigenvalue weighted by Gasteiger charge is -2.37. The van der Waals surface area contributed by atoms with Crippen molar-refractivity contribution in [3.8, 4) is 0 Å². The predicted octanol–water partition coefficient (Wildman–Crippen LogP) is -0.169. The molecule has 0 aromatic rings. The molecule has 3 fully saturated rings. The van der Waals surface area contributed by atoms with Crippen LogP contribution in [0.4, 0.5) is 0 Å². The van der Waals surface area contributed by atoms with E-state index in [-0.39, 0.29) is 29.9 Å². The summed E-state index contributed by atoms with van der Waals surface area (Å²) >= 11 is 5.34. The normalized spacial score (nSPS) is 27.8. The minimum atomic E-state index is -0.136. The summed E-state index contributed by atoms with van der Waals surface area (Å²) in [5, 5.41) is 10.1. The van der Waals surface area contributed by atoms with Crippen LogP contribution in [0.3, 0.4) is 0 Å². The number of nitrogens with one attached hydrogen (secondary N) is 3. The Labute approximate surface area is 172 Å². The van der Waals surface area contributed by atoms with E-state index in [0.29, 0.717) is 31.2 Å². The molecule has 0 aromatic heterocycles. The molecule has 0 radical (unpaired) electrons. The zero-order valence-electron chi connectivity index (χ0n) is 16.7. The van der Waals surface area contributed by atoms with E-state index in [0.717, 1.165) is 45.3 Å². The maximum atomic E-state index is 12.5. The summed E-state index contributed by atoms with van der Waals surface area (Å²) in [4.78, 5) is 29.1. The second kappa shape index (κ2) is 10.4. The zero-order chi connectivity index (χ0) is 19.9. The lowest BCUT2D eigenvalue weighted by atomic mass is 10.0. The Kier molecular flexibility index (Phi) is 7.87. The van der Waals surface area contributed by atoms with Gasteiger partial charge in [0.15, 0.2) is 5.11 Å². The topological polar surface area (TPSA) is 85.9 Å². The minimum Gasteiger partial charge on any atom is -0.383 e. The summed E-state index contributed by atoms with van der Waals surface area (Å²) in [6.45, 7) is 4.43. The Morgan fingerprint density at radius 2 is 2.11 bits per heavy atom. The molecule has 3 atom stereocenters. The quantitative estimate of drug-likeness (QED) is 0.396. The number of hydrogen-bond acceptors (Lipinski definition) is 5. The highest BCUT2D eigenvalue weighted by Crippen LogP contribution is 2.26. The van der Waals surface area contributed by atoms with E-state index in [2.05, 4.69) is 20.9 Å². The van der Waals surface area contributed by atoms with Crippen molar-refractivity contribution >= 4 is 29.1 Å². The van der Waals surface area contributed by atoms with Gasteiger partial charge in [0.25, 0.3) is 0 Å². The van der Waals surface area contributed by atoms with Crippen molar-refractivity contribution in [1.29, 1.82) is 0 Å². The molecule has 0 unspecified atom stereocenters. The summed E-state index contributed by atoms with van der Waals surface area (Å²) in [6.07, 6.45) is 5.53. The van der Waals surface area contributed by atoms with Crippen LogP contribution in [0.5, 0.6) is 0 Å². The van der Waals surface area contributed by atoms with Gasteiger partial charge >= 0.3 is 0 Å². The van der Waals surface area contributed by atoms with Gasteiger partial charge in [-0.05, 0) is 44.3 Å². The molecule has 3 rings (SSSR count). The second-order valence-corrected chi connectivity index (χ2v) is 8.33. The first kappa shape index (κ1) is 21.3. The highest BCUT2D eigenvalue weighted by molar-refractivity contribution is 7.80. The molecule has 158 valence electrons. The maximum absolute atomic E-state index is 12.5. The molecular weight excluding hydrogens is 378 g/mol. The Bertz CT molecular complexity index is 570. The van der Waals surface area contributed by atoms with Gasteiger partial charge < -0.3 is 25.6 Å². The molecule has 3 aliphatic heterocycles. The van der Waals surface area contributed by atoms with E-state index in [9.17, 15) is 9.59 Å². The first-order chi connectivity index (χ1) is 13.6. The molecule has 0 spiro atoms. The zero-order valence-corrected chi connectivity index (χ0v) is 17.6. The molecule has 2 amide bonds. The number of thiocarbonyl (C=S) groups is 1. The number of fused-ring (bicyclic) bond motifs is 1. The number of piperazine rings is 1. The molecule has 28 heavy (non-hydrogen) atoms. The van der Waals surface area contributed by atoms with Crippen LogP contribution in [0, 0.1) is 0 Å². The average molecular weight is 412 g/mol. The molecule has 3 aliphatic rings. The van der Waals surface area contributed by atoms with Gasteiger partial charge in [0.05, 0.1) is 12.6 Å². The Hall–Kier alpha value is -1.45. The van der Waals surface area contributed by atoms with Crippen LogP contribution < -0.4 is 16.0 Å².